The molecular formula is C30H32N4O3. The summed E-state index contributed by atoms with van der Waals surface area (Å²) in [6.45, 7) is 4.99. The van der Waals surface area contributed by atoms with E-state index < -0.39 is 0 Å². The van der Waals surface area contributed by atoms with Gasteiger partial charge in [-0.05, 0) is 40.6 Å². The van der Waals surface area contributed by atoms with Crippen LogP contribution in [0.25, 0.3) is 10.8 Å². The number of amides is 2. The van der Waals surface area contributed by atoms with Crippen LogP contribution in [0.2, 0.25) is 0 Å². The predicted molar refractivity (Wildman–Crippen MR) is 145 cm³/mol. The van der Waals surface area contributed by atoms with Crippen molar-refractivity contribution in [1.29, 1.82) is 0 Å². The largest absolute Gasteiger partial charge is 0.467 e. The Labute approximate surface area is 217 Å². The normalized spacial score (nSPS) is 14.5. The molecule has 0 aliphatic carbocycles. The van der Waals surface area contributed by atoms with Crippen molar-refractivity contribution in [2.24, 2.45) is 0 Å². The number of hydrogen-bond donors (Lipinski definition) is 1. The third kappa shape index (κ3) is 5.90. The van der Waals surface area contributed by atoms with E-state index in [1.54, 1.807) is 36.4 Å². The van der Waals surface area contributed by atoms with Gasteiger partial charge in [0.15, 0.2) is 0 Å². The highest BCUT2D eigenvalue weighted by molar-refractivity contribution is 6.05. The Morgan fingerprint density at radius 2 is 1.59 bits per heavy atom. The van der Waals surface area contributed by atoms with Gasteiger partial charge in [0.1, 0.15) is 5.76 Å². The van der Waals surface area contributed by atoms with Gasteiger partial charge in [-0.25, -0.2) is 0 Å². The molecule has 0 spiro atoms. The number of nitrogens with one attached hydrogen (secondary N) is 1. The number of rotatable bonds is 8. The number of carbonyl (C=O) groups is 2. The molecule has 4 aromatic rings. The second kappa shape index (κ2) is 11.4. The van der Waals surface area contributed by atoms with Crippen LogP contribution in [-0.2, 0) is 17.9 Å². The molecule has 190 valence electrons. The number of hydrogen-bond acceptors (Lipinski definition) is 5. The smallest absolute Gasteiger partial charge is 0.253 e. The number of piperazine rings is 1. The molecule has 3 aromatic carbocycles. The number of likely N-dealkylation sites (N-methyl/N-ethyl adjacent to an activating group) is 1. The van der Waals surface area contributed by atoms with Crippen LogP contribution in [0.1, 0.15) is 21.7 Å². The first kappa shape index (κ1) is 24.7. The highest BCUT2D eigenvalue weighted by atomic mass is 16.3. The molecule has 7 nitrogen and oxygen atoms in total. The minimum Gasteiger partial charge on any atom is -0.467 e. The topological polar surface area (TPSA) is 69.0 Å². The Bertz CT molecular complexity index is 1360. The van der Waals surface area contributed by atoms with Gasteiger partial charge in [-0.3, -0.25) is 19.4 Å². The van der Waals surface area contributed by atoms with E-state index in [1.807, 2.05) is 18.2 Å². The molecule has 1 N–H and O–H groups in total. The maximum Gasteiger partial charge on any atom is 0.253 e. The zero-order valence-electron chi connectivity index (χ0n) is 21.1. The molecule has 1 saturated heterocycles. The molecule has 0 radical (unpaired) electrons. The molecule has 37 heavy (non-hydrogen) atoms. The van der Waals surface area contributed by atoms with Crippen LogP contribution in [0.4, 0.5) is 5.69 Å². The van der Waals surface area contributed by atoms with E-state index >= 15 is 0 Å². The highest BCUT2D eigenvalue weighted by Gasteiger charge is 2.23. The highest BCUT2D eigenvalue weighted by Crippen LogP contribution is 2.22. The number of furan rings is 1. The molecular weight excluding hydrogens is 464 g/mol. The molecule has 0 unspecified atom stereocenters. The first-order chi connectivity index (χ1) is 18.1. The summed E-state index contributed by atoms with van der Waals surface area (Å²) in [4.78, 5) is 32.2. The molecule has 0 saturated carbocycles. The van der Waals surface area contributed by atoms with Crippen LogP contribution in [0.5, 0.6) is 0 Å². The Kier molecular flexibility index (Phi) is 7.63. The third-order valence-corrected chi connectivity index (χ3v) is 6.99. The van der Waals surface area contributed by atoms with E-state index in [1.165, 1.54) is 16.3 Å². The van der Waals surface area contributed by atoms with Gasteiger partial charge in [-0.15, -0.1) is 0 Å². The summed E-state index contributed by atoms with van der Waals surface area (Å²) in [7, 11) is 1.73. The quantitative estimate of drug-likeness (QED) is 0.397. The average Bonchev–Trinajstić information content (AvgIpc) is 3.46. The van der Waals surface area contributed by atoms with Crippen LogP contribution in [0, 0.1) is 0 Å². The zero-order chi connectivity index (χ0) is 25.6. The second-order valence-electron chi connectivity index (χ2n) is 9.42. The second-order valence-corrected chi connectivity index (χ2v) is 9.42. The standard InChI is InChI=1S/C30H32N4O3/c1-32(28-14-5-4-13-27(28)30(36)31-20-25-11-7-19-37-25)29(35)22-34-17-15-33(16-18-34)21-24-10-6-9-23-8-2-3-12-26(23)24/h2-14,19H,15-18,20-22H2,1H3,(H,31,36). The Balaban J connectivity index is 1.16. The number of fused-ring (bicyclic) bond motifs is 1. The molecule has 1 fully saturated rings. The third-order valence-electron chi connectivity index (χ3n) is 6.99. The van der Waals surface area contributed by atoms with E-state index in [2.05, 4.69) is 57.6 Å². The SMILES string of the molecule is CN(C(=O)CN1CCN(Cc2cccc3ccccc23)CC1)c1ccccc1C(=O)NCc1ccco1. The van der Waals surface area contributed by atoms with Gasteiger partial charge in [0, 0.05) is 39.8 Å². The Hall–Kier alpha value is -3.94. The fraction of sp³-hybridized carbons (Fsp3) is 0.267. The van der Waals surface area contributed by atoms with E-state index in [-0.39, 0.29) is 11.8 Å². The van der Waals surface area contributed by atoms with Crippen molar-refractivity contribution in [1.82, 2.24) is 15.1 Å². The van der Waals surface area contributed by atoms with Crippen molar-refractivity contribution in [3.63, 3.8) is 0 Å². The van der Waals surface area contributed by atoms with Crippen LogP contribution < -0.4 is 10.2 Å². The Morgan fingerprint density at radius 3 is 2.41 bits per heavy atom. The maximum absolute atomic E-state index is 13.2. The number of anilines is 1. The molecule has 0 bridgehead atoms. The Morgan fingerprint density at radius 1 is 0.865 bits per heavy atom. The fourth-order valence-corrected chi connectivity index (χ4v) is 4.84. The summed E-state index contributed by atoms with van der Waals surface area (Å²) < 4.78 is 5.29. The van der Waals surface area contributed by atoms with Gasteiger partial charge >= 0.3 is 0 Å². The van der Waals surface area contributed by atoms with Crippen molar-refractivity contribution >= 4 is 28.3 Å². The van der Waals surface area contributed by atoms with Crippen LogP contribution in [-0.4, -0.2) is 61.4 Å². The minimum absolute atomic E-state index is 0.0335. The van der Waals surface area contributed by atoms with Crippen molar-refractivity contribution in [3.05, 3.63) is 102 Å². The van der Waals surface area contributed by atoms with Gasteiger partial charge in [0.2, 0.25) is 5.91 Å². The van der Waals surface area contributed by atoms with Crippen LogP contribution >= 0.6 is 0 Å². The lowest BCUT2D eigenvalue weighted by Gasteiger charge is -2.35. The summed E-state index contributed by atoms with van der Waals surface area (Å²) >= 11 is 0. The van der Waals surface area contributed by atoms with Crippen LogP contribution in [0.15, 0.2) is 89.5 Å². The monoisotopic (exact) mass is 496 g/mol. The lowest BCUT2D eigenvalue weighted by molar-refractivity contribution is -0.119. The van der Waals surface area contributed by atoms with Crippen molar-refractivity contribution in [2.75, 3.05) is 44.7 Å². The number of benzene rings is 3. The summed E-state index contributed by atoms with van der Waals surface area (Å²) in [5.41, 5.74) is 2.40. The van der Waals surface area contributed by atoms with Gasteiger partial charge in [-0.1, -0.05) is 54.6 Å². The summed E-state index contributed by atoms with van der Waals surface area (Å²) in [6, 6.07) is 25.8. The predicted octanol–water partition coefficient (Wildman–Crippen LogP) is 4.14. The van der Waals surface area contributed by atoms with Gasteiger partial charge in [0.05, 0.1) is 30.6 Å². The average molecular weight is 497 g/mol. The lowest BCUT2D eigenvalue weighted by atomic mass is 10.0. The summed E-state index contributed by atoms with van der Waals surface area (Å²) in [6.07, 6.45) is 1.57. The molecule has 0 atom stereocenters. The van der Waals surface area contributed by atoms with E-state index in [0.717, 1.165) is 32.7 Å². The van der Waals surface area contributed by atoms with Crippen molar-refractivity contribution in [3.8, 4) is 0 Å². The van der Waals surface area contributed by atoms with E-state index in [0.29, 0.717) is 30.1 Å². The minimum atomic E-state index is -0.242. The molecule has 2 heterocycles. The summed E-state index contributed by atoms with van der Waals surface area (Å²) in [5.74, 6) is 0.400. The van der Waals surface area contributed by atoms with Gasteiger partial charge < -0.3 is 14.6 Å². The molecule has 2 amide bonds. The lowest BCUT2D eigenvalue weighted by Crippen LogP contribution is -2.49. The zero-order valence-corrected chi connectivity index (χ0v) is 21.1. The van der Waals surface area contributed by atoms with Crippen molar-refractivity contribution in [2.45, 2.75) is 13.1 Å². The molecule has 1 aromatic heterocycles. The van der Waals surface area contributed by atoms with E-state index in [9.17, 15) is 9.59 Å². The first-order valence-corrected chi connectivity index (χ1v) is 12.7. The maximum atomic E-state index is 13.2. The summed E-state index contributed by atoms with van der Waals surface area (Å²) in [5, 5.41) is 5.43. The van der Waals surface area contributed by atoms with Gasteiger partial charge in [0.25, 0.3) is 5.91 Å². The van der Waals surface area contributed by atoms with Crippen LogP contribution in [0.3, 0.4) is 0 Å². The molecule has 1 aliphatic rings. The molecule has 5 rings (SSSR count). The molecule has 1 aliphatic heterocycles. The number of nitrogens with zero attached hydrogens (tertiary/aromatic N) is 3. The fourth-order valence-electron chi connectivity index (χ4n) is 4.84. The van der Waals surface area contributed by atoms with E-state index in [4.69, 9.17) is 4.42 Å². The molecule has 7 heteroatoms. The number of carbonyl (C=O) groups excluding carboxylic acids is 2. The number of para-hydroxylation sites is 1. The first-order valence-electron chi connectivity index (χ1n) is 12.7. The van der Waals surface area contributed by atoms with Crippen molar-refractivity contribution < 1.29 is 14.0 Å². The van der Waals surface area contributed by atoms with Gasteiger partial charge in [-0.2, -0.15) is 0 Å².